The number of aromatic nitrogens is 1. The van der Waals surface area contributed by atoms with Crippen LogP contribution < -0.4 is 9.47 Å². The lowest BCUT2D eigenvalue weighted by atomic mass is 9.87. The van der Waals surface area contributed by atoms with Gasteiger partial charge in [-0.05, 0) is 112 Å². The van der Waals surface area contributed by atoms with Crippen molar-refractivity contribution in [3.63, 3.8) is 0 Å². The summed E-state index contributed by atoms with van der Waals surface area (Å²) >= 11 is 0. The molecule has 0 spiro atoms. The van der Waals surface area contributed by atoms with Crippen LogP contribution in [0.3, 0.4) is 0 Å². The van der Waals surface area contributed by atoms with Gasteiger partial charge in [0.2, 0.25) is 5.70 Å². The van der Waals surface area contributed by atoms with Crippen LogP contribution >= 0.6 is 0 Å². The van der Waals surface area contributed by atoms with Crippen LogP contribution in [0, 0.1) is 41.5 Å². The lowest BCUT2D eigenvalue weighted by Crippen LogP contribution is -2.35. The number of anilines is 1. The smallest absolute Gasteiger partial charge is 0.264 e. The van der Waals surface area contributed by atoms with Crippen molar-refractivity contribution < 1.29 is 9.36 Å². The van der Waals surface area contributed by atoms with E-state index in [1.807, 2.05) is 0 Å². The zero-order chi connectivity index (χ0) is 29.9. The number of aryl methyl sites for hydroxylation is 7. The van der Waals surface area contributed by atoms with Gasteiger partial charge in [-0.1, -0.05) is 59.7 Å². The third-order valence-electron chi connectivity index (χ3n) is 9.21. The van der Waals surface area contributed by atoms with Gasteiger partial charge >= 0.3 is 0 Å². The summed E-state index contributed by atoms with van der Waals surface area (Å²) in [5.41, 5.74) is 16.7. The molecule has 42 heavy (non-hydrogen) atoms. The van der Waals surface area contributed by atoms with Gasteiger partial charge in [-0.15, -0.1) is 0 Å². The molecule has 1 unspecified atom stereocenters. The van der Waals surface area contributed by atoms with E-state index in [0.29, 0.717) is 11.7 Å². The Morgan fingerprint density at radius 2 is 1.33 bits per heavy atom. The second kappa shape index (κ2) is 10.5. The van der Waals surface area contributed by atoms with Crippen molar-refractivity contribution in [1.82, 2.24) is 0 Å². The number of hydrogen-bond acceptors (Lipinski definition) is 2. The molecule has 1 aromatic heterocycles. The molecule has 3 heteroatoms. The number of carbonyl (C=O) groups is 1. The predicted molar refractivity (Wildman–Crippen MR) is 176 cm³/mol. The molecule has 2 aliphatic heterocycles. The highest BCUT2D eigenvalue weighted by molar-refractivity contribution is 6.35. The molecule has 6 rings (SSSR count). The lowest BCUT2D eigenvalue weighted by molar-refractivity contribution is -0.577. The number of ketones is 1. The Bertz CT molecular complexity index is 1790. The molecule has 0 radical (unpaired) electrons. The maximum Gasteiger partial charge on any atom is 0.264 e. The van der Waals surface area contributed by atoms with E-state index in [1.165, 1.54) is 45.5 Å². The SMILES string of the molecule is Cc1cc(C)c(C2=C(c3c(C)cc(C)cc3C)[n+]3ccc(/C=C/c4ccc5c(c4)N(C)C(C)CC5)cc3C2=O)c(C)c1. The summed E-state index contributed by atoms with van der Waals surface area (Å²) in [6.45, 7) is 15.1. The van der Waals surface area contributed by atoms with Gasteiger partial charge in [0.1, 0.15) is 5.57 Å². The minimum atomic E-state index is 0.0825. The number of nitrogens with zero attached hydrogens (tertiary/aromatic N) is 2. The summed E-state index contributed by atoms with van der Waals surface area (Å²) in [7, 11) is 2.19. The van der Waals surface area contributed by atoms with Gasteiger partial charge < -0.3 is 4.90 Å². The van der Waals surface area contributed by atoms with Crippen molar-refractivity contribution >= 4 is 34.9 Å². The van der Waals surface area contributed by atoms with Crippen molar-refractivity contribution in [2.75, 3.05) is 11.9 Å². The second-order valence-electron chi connectivity index (χ2n) is 12.5. The van der Waals surface area contributed by atoms with Crippen molar-refractivity contribution in [2.45, 2.75) is 67.3 Å². The fourth-order valence-corrected chi connectivity index (χ4v) is 7.16. The largest absolute Gasteiger partial charge is 0.372 e. The standard InChI is InChI=1S/C39H41N2O/c1-23-17-25(3)35(26(4)18-23)37-38(36-27(5)19-24(2)20-28(36)6)41-16-15-31(22-34(41)39(37)42)11-10-30-12-14-32-13-9-29(7)40(8)33(32)21-30/h10-12,14-22,29H,9,13H2,1-8H3/q+1/b11-10+. The molecule has 0 saturated carbocycles. The van der Waals surface area contributed by atoms with Crippen LogP contribution in [0.15, 0.2) is 60.8 Å². The molecule has 3 heterocycles. The average molecular weight is 554 g/mol. The first kappa shape index (κ1) is 27.9. The predicted octanol–water partition coefficient (Wildman–Crippen LogP) is 8.38. The van der Waals surface area contributed by atoms with E-state index in [-0.39, 0.29) is 5.78 Å². The van der Waals surface area contributed by atoms with Gasteiger partial charge in [-0.25, -0.2) is 0 Å². The Morgan fingerprint density at radius 3 is 1.95 bits per heavy atom. The zero-order valence-electron chi connectivity index (χ0n) is 26.2. The van der Waals surface area contributed by atoms with Gasteiger partial charge in [0.15, 0.2) is 6.20 Å². The molecular formula is C39H41N2O+. The molecule has 0 saturated heterocycles. The molecule has 2 aliphatic rings. The van der Waals surface area contributed by atoms with Gasteiger partial charge in [0.25, 0.3) is 11.5 Å². The fourth-order valence-electron chi connectivity index (χ4n) is 7.16. The highest BCUT2D eigenvalue weighted by Crippen LogP contribution is 2.38. The van der Waals surface area contributed by atoms with E-state index >= 15 is 0 Å². The topological polar surface area (TPSA) is 24.2 Å². The van der Waals surface area contributed by atoms with E-state index in [0.717, 1.165) is 45.5 Å². The Hall–Kier alpha value is -4.24. The van der Waals surface area contributed by atoms with Crippen LogP contribution in [0.1, 0.15) is 85.0 Å². The molecular weight excluding hydrogens is 512 g/mol. The van der Waals surface area contributed by atoms with Crippen LogP contribution in [0.2, 0.25) is 0 Å². The highest BCUT2D eigenvalue weighted by atomic mass is 16.1. The molecule has 4 aromatic rings. The number of hydrogen-bond donors (Lipinski definition) is 0. The summed E-state index contributed by atoms with van der Waals surface area (Å²) in [6, 6.07) is 20.3. The molecule has 3 nitrogen and oxygen atoms in total. The number of pyridine rings is 1. The van der Waals surface area contributed by atoms with E-state index in [4.69, 9.17) is 0 Å². The van der Waals surface area contributed by atoms with Crippen LogP contribution in [0.4, 0.5) is 5.69 Å². The first-order valence-corrected chi connectivity index (χ1v) is 15.1. The third kappa shape index (κ3) is 4.71. The van der Waals surface area contributed by atoms with Gasteiger partial charge in [0, 0.05) is 30.9 Å². The molecule has 0 fully saturated rings. The van der Waals surface area contributed by atoms with Gasteiger partial charge in [-0.2, -0.15) is 4.57 Å². The van der Waals surface area contributed by atoms with Crippen molar-refractivity contribution in [1.29, 1.82) is 0 Å². The van der Waals surface area contributed by atoms with E-state index in [1.54, 1.807) is 0 Å². The number of rotatable bonds is 4. The van der Waals surface area contributed by atoms with Crippen LogP contribution in [-0.2, 0) is 6.42 Å². The summed E-state index contributed by atoms with van der Waals surface area (Å²) in [5, 5.41) is 0. The quantitative estimate of drug-likeness (QED) is 0.237. The summed E-state index contributed by atoms with van der Waals surface area (Å²) in [4.78, 5) is 16.8. The maximum atomic E-state index is 14.4. The van der Waals surface area contributed by atoms with Crippen molar-refractivity contribution in [3.05, 3.63) is 128 Å². The maximum absolute atomic E-state index is 14.4. The average Bonchev–Trinajstić information content (AvgIpc) is 3.20. The monoisotopic (exact) mass is 553 g/mol. The number of allylic oxidation sites excluding steroid dienone is 1. The zero-order valence-corrected chi connectivity index (χ0v) is 26.2. The van der Waals surface area contributed by atoms with Crippen molar-refractivity contribution in [3.8, 4) is 0 Å². The van der Waals surface area contributed by atoms with Gasteiger partial charge in [-0.3, -0.25) is 4.79 Å². The normalized spacial score (nSPS) is 16.4. The fraction of sp³-hybridized carbons (Fsp3) is 0.282. The van der Waals surface area contributed by atoms with E-state index < -0.39 is 0 Å². The minimum absolute atomic E-state index is 0.0825. The molecule has 212 valence electrons. The molecule has 0 bridgehead atoms. The van der Waals surface area contributed by atoms with Crippen LogP contribution in [0.5, 0.6) is 0 Å². The lowest BCUT2D eigenvalue weighted by Gasteiger charge is -2.34. The number of carbonyl (C=O) groups excluding carboxylic acids is 1. The number of benzene rings is 3. The third-order valence-corrected chi connectivity index (χ3v) is 9.21. The first-order chi connectivity index (χ1) is 20.0. The summed E-state index contributed by atoms with van der Waals surface area (Å²) in [6.07, 6.45) is 8.70. The van der Waals surface area contributed by atoms with Crippen LogP contribution in [-0.4, -0.2) is 18.9 Å². The van der Waals surface area contributed by atoms with E-state index in [9.17, 15) is 4.79 Å². The second-order valence-corrected chi connectivity index (χ2v) is 12.5. The Labute approximate surface area is 250 Å². The molecule has 3 aromatic carbocycles. The Morgan fingerprint density at radius 1 is 0.762 bits per heavy atom. The number of Topliss-reactive ketones (excluding diaryl/α,β-unsaturated/α-hetero) is 1. The first-order valence-electron chi connectivity index (χ1n) is 15.1. The highest BCUT2D eigenvalue weighted by Gasteiger charge is 2.42. The van der Waals surface area contributed by atoms with Gasteiger partial charge in [0.05, 0.1) is 5.56 Å². The van der Waals surface area contributed by atoms with E-state index in [2.05, 4.69) is 138 Å². The Kier molecular flexibility index (Phi) is 7.01. The number of fused-ring (bicyclic) bond motifs is 2. The molecule has 1 atom stereocenters. The molecule has 0 aliphatic carbocycles. The minimum Gasteiger partial charge on any atom is -0.372 e. The Balaban J connectivity index is 1.46. The molecule has 0 N–H and O–H groups in total. The van der Waals surface area contributed by atoms with Crippen LogP contribution in [0.25, 0.3) is 23.4 Å². The molecule has 0 amide bonds. The van der Waals surface area contributed by atoms with Crippen molar-refractivity contribution in [2.24, 2.45) is 0 Å². The summed E-state index contributed by atoms with van der Waals surface area (Å²) in [5.74, 6) is 0.0825. The summed E-state index contributed by atoms with van der Waals surface area (Å²) < 4.78 is 2.12.